The molecule has 0 radical (unpaired) electrons. The van der Waals surface area contributed by atoms with Gasteiger partial charge in [-0.05, 0) is 44.6 Å². The fourth-order valence-electron chi connectivity index (χ4n) is 1.64. The maximum atomic E-state index is 6.18. The van der Waals surface area contributed by atoms with Crippen molar-refractivity contribution in [2.45, 2.75) is 36.3 Å². The van der Waals surface area contributed by atoms with E-state index in [1.165, 1.54) is 12.8 Å². The van der Waals surface area contributed by atoms with E-state index >= 15 is 0 Å². The minimum absolute atomic E-state index is 0.600. The van der Waals surface area contributed by atoms with Gasteiger partial charge in [0.25, 0.3) is 0 Å². The van der Waals surface area contributed by atoms with Crippen LogP contribution in [0.25, 0.3) is 0 Å². The first-order valence-electron chi connectivity index (χ1n) is 5.93. The van der Waals surface area contributed by atoms with Crippen LogP contribution in [0.4, 0.5) is 0 Å². The Morgan fingerprint density at radius 2 is 2.06 bits per heavy atom. The van der Waals surface area contributed by atoms with Gasteiger partial charge in [-0.2, -0.15) is 0 Å². The van der Waals surface area contributed by atoms with Crippen LogP contribution >= 0.6 is 35.0 Å². The third-order valence-electron chi connectivity index (χ3n) is 2.51. The second-order valence-corrected chi connectivity index (χ2v) is 6.18. The minimum atomic E-state index is 0.600. The third kappa shape index (κ3) is 5.52. The van der Waals surface area contributed by atoms with Crippen molar-refractivity contribution < 1.29 is 0 Å². The van der Waals surface area contributed by atoms with Crippen molar-refractivity contribution in [3.05, 3.63) is 28.2 Å². The highest BCUT2D eigenvalue weighted by Gasteiger charge is 2.11. The van der Waals surface area contributed by atoms with Crippen LogP contribution in [0.3, 0.4) is 0 Å². The normalized spacial score (nSPS) is 12.7. The molecule has 0 bridgehead atoms. The summed E-state index contributed by atoms with van der Waals surface area (Å²) in [5, 5.41) is 5.34. The van der Waals surface area contributed by atoms with E-state index in [4.69, 9.17) is 23.2 Å². The number of hydrogen-bond donors (Lipinski definition) is 1. The van der Waals surface area contributed by atoms with Crippen LogP contribution in [-0.2, 0) is 0 Å². The standard InChI is InChI=1S/C13H19Cl2NS/c1-3-4-11(7-8-16-2)17-13-9-10(14)5-6-12(13)15/h5-6,9,11,16H,3-4,7-8H2,1-2H3. The Morgan fingerprint density at radius 3 is 2.71 bits per heavy atom. The summed E-state index contributed by atoms with van der Waals surface area (Å²) >= 11 is 14.0. The molecular formula is C13H19Cl2NS. The molecular weight excluding hydrogens is 273 g/mol. The van der Waals surface area contributed by atoms with Crippen molar-refractivity contribution in [1.29, 1.82) is 0 Å². The van der Waals surface area contributed by atoms with E-state index in [9.17, 15) is 0 Å². The van der Waals surface area contributed by atoms with Gasteiger partial charge < -0.3 is 5.32 Å². The molecule has 96 valence electrons. The molecule has 1 rings (SSSR count). The summed E-state index contributed by atoms with van der Waals surface area (Å²) in [6.45, 7) is 3.25. The summed E-state index contributed by atoms with van der Waals surface area (Å²) in [4.78, 5) is 1.09. The largest absolute Gasteiger partial charge is 0.320 e. The second kappa shape index (κ2) is 8.25. The average molecular weight is 292 g/mol. The number of benzene rings is 1. The van der Waals surface area contributed by atoms with Crippen LogP contribution < -0.4 is 5.32 Å². The molecule has 1 unspecified atom stereocenters. The summed E-state index contributed by atoms with van der Waals surface area (Å²) in [5.74, 6) is 0. The smallest absolute Gasteiger partial charge is 0.0542 e. The first kappa shape index (κ1) is 15.2. The zero-order valence-electron chi connectivity index (χ0n) is 10.3. The van der Waals surface area contributed by atoms with Crippen molar-refractivity contribution in [3.8, 4) is 0 Å². The fourth-order valence-corrected chi connectivity index (χ4v) is 3.45. The Kier molecular flexibility index (Phi) is 7.36. The van der Waals surface area contributed by atoms with Crippen LogP contribution in [0.1, 0.15) is 26.2 Å². The molecule has 1 N–H and O–H groups in total. The van der Waals surface area contributed by atoms with E-state index in [1.54, 1.807) is 0 Å². The van der Waals surface area contributed by atoms with E-state index in [2.05, 4.69) is 12.2 Å². The number of nitrogens with one attached hydrogen (secondary N) is 1. The zero-order chi connectivity index (χ0) is 12.7. The van der Waals surface area contributed by atoms with Gasteiger partial charge in [-0.1, -0.05) is 36.5 Å². The molecule has 17 heavy (non-hydrogen) atoms. The number of thioether (sulfide) groups is 1. The fraction of sp³-hybridized carbons (Fsp3) is 0.538. The van der Waals surface area contributed by atoms with Gasteiger partial charge in [0.2, 0.25) is 0 Å². The first-order valence-corrected chi connectivity index (χ1v) is 7.57. The monoisotopic (exact) mass is 291 g/mol. The lowest BCUT2D eigenvalue weighted by atomic mass is 10.2. The van der Waals surface area contributed by atoms with E-state index in [0.717, 1.165) is 27.9 Å². The Balaban J connectivity index is 2.67. The van der Waals surface area contributed by atoms with Crippen molar-refractivity contribution in [1.82, 2.24) is 5.32 Å². The molecule has 0 saturated carbocycles. The van der Waals surface area contributed by atoms with Crippen LogP contribution in [0, 0.1) is 0 Å². The Bertz CT molecular complexity index is 344. The van der Waals surface area contributed by atoms with Crippen LogP contribution in [-0.4, -0.2) is 18.8 Å². The summed E-state index contributed by atoms with van der Waals surface area (Å²) < 4.78 is 0. The minimum Gasteiger partial charge on any atom is -0.320 e. The second-order valence-electron chi connectivity index (χ2n) is 4.00. The van der Waals surface area contributed by atoms with Gasteiger partial charge in [-0.15, -0.1) is 11.8 Å². The quantitative estimate of drug-likeness (QED) is 0.720. The zero-order valence-corrected chi connectivity index (χ0v) is 12.6. The lowest BCUT2D eigenvalue weighted by Gasteiger charge is -2.16. The maximum Gasteiger partial charge on any atom is 0.0542 e. The van der Waals surface area contributed by atoms with Gasteiger partial charge in [-0.25, -0.2) is 0 Å². The molecule has 0 amide bonds. The molecule has 1 aromatic carbocycles. The maximum absolute atomic E-state index is 6.18. The van der Waals surface area contributed by atoms with Crippen molar-refractivity contribution >= 4 is 35.0 Å². The van der Waals surface area contributed by atoms with Crippen LogP contribution in [0.15, 0.2) is 23.1 Å². The van der Waals surface area contributed by atoms with Gasteiger partial charge >= 0.3 is 0 Å². The topological polar surface area (TPSA) is 12.0 Å². The molecule has 0 fully saturated rings. The molecule has 0 aromatic heterocycles. The average Bonchev–Trinajstić information content (AvgIpc) is 2.31. The van der Waals surface area contributed by atoms with E-state index in [0.29, 0.717) is 5.25 Å². The number of hydrogen-bond acceptors (Lipinski definition) is 2. The van der Waals surface area contributed by atoms with Gasteiger partial charge in [0, 0.05) is 15.2 Å². The highest BCUT2D eigenvalue weighted by atomic mass is 35.5. The molecule has 0 aliphatic carbocycles. The van der Waals surface area contributed by atoms with E-state index < -0.39 is 0 Å². The summed E-state index contributed by atoms with van der Waals surface area (Å²) in [5.41, 5.74) is 0. The molecule has 0 spiro atoms. The van der Waals surface area contributed by atoms with Crippen molar-refractivity contribution in [3.63, 3.8) is 0 Å². The lowest BCUT2D eigenvalue weighted by Crippen LogP contribution is -2.14. The van der Waals surface area contributed by atoms with Gasteiger partial charge in [-0.3, -0.25) is 0 Å². The van der Waals surface area contributed by atoms with E-state index in [1.807, 2.05) is 37.0 Å². The SMILES string of the molecule is CCCC(CCNC)Sc1cc(Cl)ccc1Cl. The van der Waals surface area contributed by atoms with Crippen LogP contribution in [0.5, 0.6) is 0 Å². The molecule has 0 aliphatic heterocycles. The van der Waals surface area contributed by atoms with Gasteiger partial charge in [0.05, 0.1) is 5.02 Å². The summed E-state index contributed by atoms with van der Waals surface area (Å²) in [7, 11) is 1.99. The molecule has 4 heteroatoms. The highest BCUT2D eigenvalue weighted by molar-refractivity contribution is 8.00. The number of rotatable bonds is 7. The molecule has 0 saturated heterocycles. The van der Waals surface area contributed by atoms with Gasteiger partial charge in [0.15, 0.2) is 0 Å². The molecule has 1 nitrogen and oxygen atoms in total. The van der Waals surface area contributed by atoms with Crippen molar-refractivity contribution in [2.75, 3.05) is 13.6 Å². The molecule has 1 atom stereocenters. The molecule has 0 heterocycles. The van der Waals surface area contributed by atoms with Gasteiger partial charge in [0.1, 0.15) is 0 Å². The number of halogens is 2. The Morgan fingerprint density at radius 1 is 1.29 bits per heavy atom. The first-order chi connectivity index (χ1) is 8.17. The van der Waals surface area contributed by atoms with E-state index in [-0.39, 0.29) is 0 Å². The van der Waals surface area contributed by atoms with Crippen LogP contribution in [0.2, 0.25) is 10.0 Å². The Labute approximate surface area is 118 Å². The Hall–Kier alpha value is 0.110. The predicted molar refractivity (Wildman–Crippen MR) is 79.6 cm³/mol. The third-order valence-corrected chi connectivity index (χ3v) is 4.59. The lowest BCUT2D eigenvalue weighted by molar-refractivity contribution is 0.648. The van der Waals surface area contributed by atoms with Crippen molar-refractivity contribution in [2.24, 2.45) is 0 Å². The summed E-state index contributed by atoms with van der Waals surface area (Å²) in [6, 6.07) is 5.65. The highest BCUT2D eigenvalue weighted by Crippen LogP contribution is 2.35. The molecule has 1 aromatic rings. The summed E-state index contributed by atoms with van der Waals surface area (Å²) in [6.07, 6.45) is 3.55. The predicted octanol–water partition coefficient (Wildman–Crippen LogP) is 4.86. The molecule has 0 aliphatic rings.